The Bertz CT molecular complexity index is 140. The van der Waals surface area contributed by atoms with E-state index in [-0.39, 0.29) is 5.91 Å². The second kappa shape index (κ2) is 8.01. The van der Waals surface area contributed by atoms with Crippen molar-refractivity contribution in [1.29, 1.82) is 0 Å². The maximum atomic E-state index is 11.4. The highest BCUT2D eigenvalue weighted by Crippen LogP contribution is 1.93. The van der Waals surface area contributed by atoms with E-state index in [9.17, 15) is 4.79 Å². The van der Waals surface area contributed by atoms with Gasteiger partial charge in [0.1, 0.15) is 0 Å². The molecule has 0 heterocycles. The molecule has 0 aliphatic rings. The fraction of sp³-hybridized carbons (Fsp3) is 0.889. The molecule has 0 aromatic heterocycles. The van der Waals surface area contributed by atoms with Crippen LogP contribution in [-0.4, -0.2) is 43.7 Å². The number of carbonyl (C=O) groups is 1. The van der Waals surface area contributed by atoms with Gasteiger partial charge in [0.2, 0.25) is 5.91 Å². The van der Waals surface area contributed by atoms with Crippen LogP contribution in [0.5, 0.6) is 0 Å². The Morgan fingerprint density at radius 3 is 2.62 bits per heavy atom. The number of amides is 1. The molecule has 0 aliphatic carbocycles. The first-order chi connectivity index (χ1) is 6.26. The highest BCUT2D eigenvalue weighted by atomic mass is 16.5. The number of hydrogen-bond donors (Lipinski definition) is 1. The van der Waals surface area contributed by atoms with Crippen LogP contribution in [0.25, 0.3) is 0 Å². The Hall–Kier alpha value is -0.610. The van der Waals surface area contributed by atoms with Gasteiger partial charge in [-0.3, -0.25) is 4.79 Å². The lowest BCUT2D eigenvalue weighted by molar-refractivity contribution is -0.131. The van der Waals surface area contributed by atoms with Crippen molar-refractivity contribution < 1.29 is 9.53 Å². The van der Waals surface area contributed by atoms with E-state index in [0.29, 0.717) is 32.7 Å². The predicted molar refractivity (Wildman–Crippen MR) is 52.4 cm³/mol. The average Bonchev–Trinajstić information content (AvgIpc) is 2.13. The minimum Gasteiger partial charge on any atom is -0.380 e. The van der Waals surface area contributed by atoms with Gasteiger partial charge in [-0.2, -0.15) is 0 Å². The summed E-state index contributed by atoms with van der Waals surface area (Å²) in [6, 6.07) is 0. The molecular weight excluding hydrogens is 168 g/mol. The van der Waals surface area contributed by atoms with Crippen molar-refractivity contribution in [3.8, 4) is 0 Å². The molecule has 4 heteroatoms. The van der Waals surface area contributed by atoms with Crippen LogP contribution < -0.4 is 5.73 Å². The number of nitrogens with zero attached hydrogens (tertiary/aromatic N) is 1. The van der Waals surface area contributed by atoms with Crippen molar-refractivity contribution in [3.63, 3.8) is 0 Å². The summed E-state index contributed by atoms with van der Waals surface area (Å²) in [5.74, 6) is 0.115. The second-order valence-corrected chi connectivity index (χ2v) is 2.71. The Kier molecular flexibility index (Phi) is 7.63. The lowest BCUT2D eigenvalue weighted by atomic mass is 10.3. The van der Waals surface area contributed by atoms with E-state index in [1.165, 1.54) is 0 Å². The van der Waals surface area contributed by atoms with Gasteiger partial charge in [0.25, 0.3) is 0 Å². The van der Waals surface area contributed by atoms with Gasteiger partial charge in [0.15, 0.2) is 0 Å². The van der Waals surface area contributed by atoms with E-state index in [1.54, 1.807) is 4.90 Å². The van der Waals surface area contributed by atoms with Crippen molar-refractivity contribution in [3.05, 3.63) is 0 Å². The summed E-state index contributed by atoms with van der Waals surface area (Å²) in [4.78, 5) is 13.1. The minimum atomic E-state index is 0.115. The lowest BCUT2D eigenvalue weighted by Crippen LogP contribution is -2.34. The van der Waals surface area contributed by atoms with Crippen LogP contribution in [0.2, 0.25) is 0 Å². The average molecular weight is 188 g/mol. The SMILES string of the molecule is CCOCCN(CC)C(=O)CCN. The molecule has 0 rings (SSSR count). The summed E-state index contributed by atoms with van der Waals surface area (Å²) in [5.41, 5.74) is 5.30. The standard InChI is InChI=1S/C9H20N2O2/c1-3-11(7-8-13-4-2)9(12)5-6-10/h3-8,10H2,1-2H3. The molecule has 0 unspecified atom stereocenters. The Labute approximate surface area is 80.0 Å². The summed E-state index contributed by atoms with van der Waals surface area (Å²) < 4.78 is 5.17. The van der Waals surface area contributed by atoms with E-state index >= 15 is 0 Å². The third kappa shape index (κ3) is 5.60. The molecule has 78 valence electrons. The summed E-state index contributed by atoms with van der Waals surface area (Å²) in [5, 5.41) is 0. The van der Waals surface area contributed by atoms with Crippen molar-refractivity contribution in [2.24, 2.45) is 5.73 Å². The molecule has 2 N–H and O–H groups in total. The third-order valence-corrected chi connectivity index (χ3v) is 1.80. The van der Waals surface area contributed by atoms with Crippen molar-refractivity contribution >= 4 is 5.91 Å². The van der Waals surface area contributed by atoms with Gasteiger partial charge < -0.3 is 15.4 Å². The van der Waals surface area contributed by atoms with E-state index in [2.05, 4.69) is 0 Å². The van der Waals surface area contributed by atoms with Crippen LogP contribution in [0.3, 0.4) is 0 Å². The van der Waals surface area contributed by atoms with Crippen LogP contribution in [-0.2, 0) is 9.53 Å². The van der Waals surface area contributed by atoms with Crippen molar-refractivity contribution in [1.82, 2.24) is 4.90 Å². The Morgan fingerprint density at radius 1 is 1.46 bits per heavy atom. The smallest absolute Gasteiger partial charge is 0.223 e. The van der Waals surface area contributed by atoms with Crippen LogP contribution in [0, 0.1) is 0 Å². The Morgan fingerprint density at radius 2 is 2.15 bits per heavy atom. The largest absolute Gasteiger partial charge is 0.380 e. The minimum absolute atomic E-state index is 0.115. The maximum absolute atomic E-state index is 11.4. The fourth-order valence-corrected chi connectivity index (χ4v) is 1.06. The van der Waals surface area contributed by atoms with Crippen molar-refractivity contribution in [2.45, 2.75) is 20.3 Å². The zero-order valence-corrected chi connectivity index (χ0v) is 8.58. The van der Waals surface area contributed by atoms with Crippen LogP contribution >= 0.6 is 0 Å². The van der Waals surface area contributed by atoms with E-state index in [4.69, 9.17) is 10.5 Å². The molecule has 0 atom stereocenters. The quantitative estimate of drug-likeness (QED) is 0.581. The second-order valence-electron chi connectivity index (χ2n) is 2.71. The first-order valence-corrected chi connectivity index (χ1v) is 4.81. The molecule has 0 radical (unpaired) electrons. The number of hydrogen-bond acceptors (Lipinski definition) is 3. The van der Waals surface area contributed by atoms with Gasteiger partial charge in [-0.15, -0.1) is 0 Å². The highest BCUT2D eigenvalue weighted by molar-refractivity contribution is 5.76. The number of likely N-dealkylation sites (N-methyl/N-ethyl adjacent to an activating group) is 1. The molecular formula is C9H20N2O2. The molecule has 0 aromatic carbocycles. The van der Waals surface area contributed by atoms with Crippen molar-refractivity contribution in [2.75, 3.05) is 32.8 Å². The molecule has 0 saturated carbocycles. The van der Waals surface area contributed by atoms with Gasteiger partial charge in [0, 0.05) is 32.7 Å². The number of ether oxygens (including phenoxy) is 1. The molecule has 0 aliphatic heterocycles. The molecule has 0 spiro atoms. The first-order valence-electron chi connectivity index (χ1n) is 4.81. The molecule has 4 nitrogen and oxygen atoms in total. The molecule has 0 fully saturated rings. The van der Waals surface area contributed by atoms with E-state index < -0.39 is 0 Å². The zero-order valence-electron chi connectivity index (χ0n) is 8.58. The normalized spacial score (nSPS) is 10.1. The lowest BCUT2D eigenvalue weighted by Gasteiger charge is -2.20. The first kappa shape index (κ1) is 12.4. The van der Waals surface area contributed by atoms with Crippen LogP contribution in [0.1, 0.15) is 20.3 Å². The van der Waals surface area contributed by atoms with Gasteiger partial charge >= 0.3 is 0 Å². The van der Waals surface area contributed by atoms with Gasteiger partial charge in [-0.25, -0.2) is 0 Å². The predicted octanol–water partition coefficient (Wildman–Crippen LogP) is 0.220. The van der Waals surface area contributed by atoms with E-state index in [0.717, 1.165) is 6.54 Å². The zero-order chi connectivity index (χ0) is 10.1. The summed E-state index contributed by atoms with van der Waals surface area (Å²) in [7, 11) is 0. The summed E-state index contributed by atoms with van der Waals surface area (Å²) in [6.45, 7) is 7.03. The molecule has 0 bridgehead atoms. The Balaban J connectivity index is 3.67. The summed E-state index contributed by atoms with van der Waals surface area (Å²) >= 11 is 0. The summed E-state index contributed by atoms with van der Waals surface area (Å²) in [6.07, 6.45) is 0.431. The number of carbonyl (C=O) groups excluding carboxylic acids is 1. The molecule has 13 heavy (non-hydrogen) atoms. The molecule has 0 saturated heterocycles. The monoisotopic (exact) mass is 188 g/mol. The van der Waals surface area contributed by atoms with Crippen LogP contribution in [0.4, 0.5) is 0 Å². The van der Waals surface area contributed by atoms with E-state index in [1.807, 2.05) is 13.8 Å². The van der Waals surface area contributed by atoms with Crippen LogP contribution in [0.15, 0.2) is 0 Å². The topological polar surface area (TPSA) is 55.6 Å². The third-order valence-electron chi connectivity index (χ3n) is 1.80. The van der Waals surface area contributed by atoms with Gasteiger partial charge in [-0.1, -0.05) is 0 Å². The molecule has 0 aromatic rings. The maximum Gasteiger partial charge on any atom is 0.223 e. The fourth-order valence-electron chi connectivity index (χ4n) is 1.06. The molecule has 1 amide bonds. The van der Waals surface area contributed by atoms with Gasteiger partial charge in [0.05, 0.1) is 6.61 Å². The highest BCUT2D eigenvalue weighted by Gasteiger charge is 2.09. The number of rotatable bonds is 7. The van der Waals surface area contributed by atoms with Gasteiger partial charge in [-0.05, 0) is 13.8 Å². The number of nitrogens with two attached hydrogens (primary N) is 1.